The zero-order valence-electron chi connectivity index (χ0n) is 10.8. The van der Waals surface area contributed by atoms with Crippen LogP contribution in [0.5, 0.6) is 0 Å². The molecule has 3 aromatic rings. The van der Waals surface area contributed by atoms with E-state index in [4.69, 9.17) is 5.73 Å². The fraction of sp³-hybridized carbons (Fsp3) is 0.0625. The van der Waals surface area contributed by atoms with Crippen LogP contribution in [-0.4, -0.2) is 4.98 Å². The van der Waals surface area contributed by atoms with Gasteiger partial charge in [-0.25, -0.2) is 9.37 Å². The lowest BCUT2D eigenvalue weighted by Crippen LogP contribution is -1.93. The van der Waals surface area contributed by atoms with Crippen molar-refractivity contribution in [3.8, 4) is 11.1 Å². The standard InChI is InChI=1S/C16H12BrFN2/c1-9-3-2-4-14(18)16(9)13-6-11(17)5-10-8-20-15(19)7-12(10)13/h2-8H,1H3,(H2,19,20). The fourth-order valence-electron chi connectivity index (χ4n) is 2.42. The molecular formula is C16H12BrFN2. The molecule has 0 amide bonds. The van der Waals surface area contributed by atoms with E-state index in [-0.39, 0.29) is 5.82 Å². The van der Waals surface area contributed by atoms with Gasteiger partial charge in [0.2, 0.25) is 0 Å². The Morgan fingerprint density at radius 3 is 2.75 bits per heavy atom. The Hall–Kier alpha value is -1.94. The molecule has 0 fully saturated rings. The number of nitrogen functional groups attached to an aromatic ring is 1. The van der Waals surface area contributed by atoms with Gasteiger partial charge in [0.15, 0.2) is 0 Å². The van der Waals surface area contributed by atoms with E-state index in [1.165, 1.54) is 6.07 Å². The lowest BCUT2D eigenvalue weighted by atomic mass is 9.95. The van der Waals surface area contributed by atoms with Crippen molar-refractivity contribution < 1.29 is 4.39 Å². The number of aryl methyl sites for hydroxylation is 1. The first-order valence-electron chi connectivity index (χ1n) is 6.16. The number of hydrogen-bond acceptors (Lipinski definition) is 2. The zero-order valence-corrected chi connectivity index (χ0v) is 12.4. The van der Waals surface area contributed by atoms with Gasteiger partial charge < -0.3 is 5.73 Å². The minimum Gasteiger partial charge on any atom is -0.384 e. The van der Waals surface area contributed by atoms with Crippen LogP contribution in [0.25, 0.3) is 21.9 Å². The van der Waals surface area contributed by atoms with Crippen molar-refractivity contribution in [3.63, 3.8) is 0 Å². The van der Waals surface area contributed by atoms with Crippen LogP contribution in [0.4, 0.5) is 10.2 Å². The second-order valence-electron chi connectivity index (χ2n) is 4.72. The molecule has 0 spiro atoms. The molecule has 20 heavy (non-hydrogen) atoms. The molecule has 0 saturated carbocycles. The maximum absolute atomic E-state index is 14.2. The van der Waals surface area contributed by atoms with Crippen molar-refractivity contribution in [3.05, 3.63) is 58.4 Å². The molecule has 0 saturated heterocycles. The zero-order chi connectivity index (χ0) is 14.3. The van der Waals surface area contributed by atoms with Crippen molar-refractivity contribution in [2.45, 2.75) is 6.92 Å². The molecule has 0 atom stereocenters. The molecule has 0 aliphatic heterocycles. The van der Waals surface area contributed by atoms with E-state index in [1.54, 1.807) is 18.3 Å². The fourth-order valence-corrected chi connectivity index (χ4v) is 2.89. The summed E-state index contributed by atoms with van der Waals surface area (Å²) in [7, 11) is 0. The van der Waals surface area contributed by atoms with Gasteiger partial charge in [0.1, 0.15) is 11.6 Å². The molecule has 1 heterocycles. The highest BCUT2D eigenvalue weighted by Crippen LogP contribution is 2.35. The average Bonchev–Trinajstić information content (AvgIpc) is 2.39. The minimum absolute atomic E-state index is 0.236. The number of anilines is 1. The van der Waals surface area contributed by atoms with Gasteiger partial charge >= 0.3 is 0 Å². The van der Waals surface area contributed by atoms with E-state index < -0.39 is 0 Å². The Labute approximate surface area is 124 Å². The molecular weight excluding hydrogens is 319 g/mol. The van der Waals surface area contributed by atoms with Crippen molar-refractivity contribution in [1.82, 2.24) is 4.98 Å². The number of aromatic nitrogens is 1. The number of nitrogens with zero attached hydrogens (tertiary/aromatic N) is 1. The van der Waals surface area contributed by atoms with Crippen LogP contribution in [-0.2, 0) is 0 Å². The summed E-state index contributed by atoms with van der Waals surface area (Å²) in [4.78, 5) is 4.09. The molecule has 0 aliphatic carbocycles. The first-order valence-corrected chi connectivity index (χ1v) is 6.96. The van der Waals surface area contributed by atoms with Gasteiger partial charge in [0.05, 0.1) is 0 Å². The quantitative estimate of drug-likeness (QED) is 0.702. The largest absolute Gasteiger partial charge is 0.384 e. The molecule has 0 bridgehead atoms. The third-order valence-corrected chi connectivity index (χ3v) is 3.77. The summed E-state index contributed by atoms with van der Waals surface area (Å²) in [5.41, 5.74) is 8.08. The third-order valence-electron chi connectivity index (χ3n) is 3.31. The van der Waals surface area contributed by atoms with Crippen LogP contribution >= 0.6 is 15.9 Å². The van der Waals surface area contributed by atoms with Gasteiger partial charge in [-0.1, -0.05) is 28.1 Å². The number of hydrogen-bond donors (Lipinski definition) is 1. The molecule has 4 heteroatoms. The summed E-state index contributed by atoms with van der Waals surface area (Å²) >= 11 is 3.47. The number of rotatable bonds is 1. The van der Waals surface area contributed by atoms with Crippen LogP contribution in [0.2, 0.25) is 0 Å². The highest BCUT2D eigenvalue weighted by atomic mass is 79.9. The van der Waals surface area contributed by atoms with Crippen molar-refractivity contribution in [2.75, 3.05) is 5.73 Å². The summed E-state index contributed by atoms with van der Waals surface area (Å²) in [6.07, 6.45) is 1.70. The monoisotopic (exact) mass is 330 g/mol. The van der Waals surface area contributed by atoms with Gasteiger partial charge in [-0.15, -0.1) is 0 Å². The molecule has 0 aliphatic rings. The number of benzene rings is 2. The predicted octanol–water partition coefficient (Wildman–Crippen LogP) is 4.69. The highest BCUT2D eigenvalue weighted by molar-refractivity contribution is 9.10. The Morgan fingerprint density at radius 1 is 1.20 bits per heavy atom. The van der Waals surface area contributed by atoms with E-state index in [0.29, 0.717) is 11.4 Å². The Balaban J connectivity index is 2.44. The van der Waals surface area contributed by atoms with Crippen molar-refractivity contribution >= 4 is 32.5 Å². The SMILES string of the molecule is Cc1cccc(F)c1-c1cc(Br)cc2cnc(N)cc12. The van der Waals surface area contributed by atoms with E-state index in [2.05, 4.69) is 20.9 Å². The van der Waals surface area contributed by atoms with Gasteiger partial charge in [-0.3, -0.25) is 0 Å². The average molecular weight is 331 g/mol. The van der Waals surface area contributed by atoms with E-state index in [9.17, 15) is 4.39 Å². The lowest BCUT2D eigenvalue weighted by Gasteiger charge is -2.12. The topological polar surface area (TPSA) is 38.9 Å². The minimum atomic E-state index is -0.236. The van der Waals surface area contributed by atoms with Gasteiger partial charge in [-0.2, -0.15) is 0 Å². The van der Waals surface area contributed by atoms with Crippen molar-refractivity contribution in [1.29, 1.82) is 0 Å². The second kappa shape index (κ2) is 4.87. The van der Waals surface area contributed by atoms with Crippen LogP contribution < -0.4 is 5.73 Å². The normalized spacial score (nSPS) is 10.9. The number of nitrogens with two attached hydrogens (primary N) is 1. The number of pyridine rings is 1. The van der Waals surface area contributed by atoms with Crippen LogP contribution in [0.1, 0.15) is 5.56 Å². The molecule has 2 aromatic carbocycles. The number of halogens is 2. The molecule has 2 N–H and O–H groups in total. The Morgan fingerprint density at radius 2 is 2.00 bits per heavy atom. The molecule has 100 valence electrons. The predicted molar refractivity (Wildman–Crippen MR) is 84.0 cm³/mol. The maximum atomic E-state index is 14.2. The third kappa shape index (κ3) is 2.16. The lowest BCUT2D eigenvalue weighted by molar-refractivity contribution is 0.630. The molecule has 0 unspecified atom stereocenters. The number of fused-ring (bicyclic) bond motifs is 1. The molecule has 1 aromatic heterocycles. The Bertz CT molecular complexity index is 795. The van der Waals surface area contributed by atoms with E-state index in [0.717, 1.165) is 26.4 Å². The van der Waals surface area contributed by atoms with Crippen LogP contribution in [0.15, 0.2) is 47.1 Å². The molecule has 3 rings (SSSR count). The van der Waals surface area contributed by atoms with Crippen LogP contribution in [0, 0.1) is 12.7 Å². The first kappa shape index (κ1) is 13.1. The maximum Gasteiger partial charge on any atom is 0.131 e. The summed E-state index contributed by atoms with van der Waals surface area (Å²) in [6.45, 7) is 1.90. The summed E-state index contributed by atoms with van der Waals surface area (Å²) in [6, 6.07) is 10.7. The van der Waals surface area contributed by atoms with Crippen LogP contribution in [0.3, 0.4) is 0 Å². The summed E-state index contributed by atoms with van der Waals surface area (Å²) < 4.78 is 15.1. The van der Waals surface area contributed by atoms with Gasteiger partial charge in [-0.05, 0) is 47.7 Å². The smallest absolute Gasteiger partial charge is 0.131 e. The van der Waals surface area contributed by atoms with Gasteiger partial charge in [0.25, 0.3) is 0 Å². The van der Waals surface area contributed by atoms with Crippen molar-refractivity contribution in [2.24, 2.45) is 0 Å². The first-order chi connectivity index (χ1) is 9.56. The van der Waals surface area contributed by atoms with E-state index in [1.807, 2.05) is 25.1 Å². The highest BCUT2D eigenvalue weighted by Gasteiger charge is 2.13. The van der Waals surface area contributed by atoms with E-state index >= 15 is 0 Å². The summed E-state index contributed by atoms with van der Waals surface area (Å²) in [5.74, 6) is 0.190. The molecule has 2 nitrogen and oxygen atoms in total. The second-order valence-corrected chi connectivity index (χ2v) is 5.63. The Kier molecular flexibility index (Phi) is 3.18. The van der Waals surface area contributed by atoms with Gasteiger partial charge in [0, 0.05) is 21.6 Å². The molecule has 0 radical (unpaired) electrons. The summed E-state index contributed by atoms with van der Waals surface area (Å²) in [5, 5.41) is 1.82.